The van der Waals surface area contributed by atoms with Gasteiger partial charge in [0.1, 0.15) is 6.61 Å². The van der Waals surface area contributed by atoms with Crippen molar-refractivity contribution in [3.63, 3.8) is 0 Å². The fourth-order valence-electron chi connectivity index (χ4n) is 1.52. The molecule has 2 heterocycles. The molecule has 0 bridgehead atoms. The van der Waals surface area contributed by atoms with Crippen molar-refractivity contribution < 1.29 is 23.9 Å². The Morgan fingerprint density at radius 2 is 2.47 bits per heavy atom. The van der Waals surface area contributed by atoms with E-state index in [-0.39, 0.29) is 30.5 Å². The third kappa shape index (κ3) is 2.07. The molecule has 0 aromatic carbocycles. The van der Waals surface area contributed by atoms with Crippen LogP contribution in [0.2, 0.25) is 0 Å². The normalized spacial score (nSPS) is 17.8. The summed E-state index contributed by atoms with van der Waals surface area (Å²) in [5, 5.41) is 22.1. The summed E-state index contributed by atoms with van der Waals surface area (Å²) in [7, 11) is 1.48. The highest BCUT2D eigenvalue weighted by Gasteiger charge is 2.35. The number of hydrogen-bond acceptors (Lipinski definition) is 6. The Hall–Kier alpha value is -2.09. The Labute approximate surface area is 96.1 Å². The number of nitro groups is 1. The lowest BCUT2D eigenvalue weighted by Gasteiger charge is -2.23. The highest BCUT2D eigenvalue weighted by molar-refractivity contribution is 5.50. The van der Waals surface area contributed by atoms with Gasteiger partial charge in [-0.05, 0) is 0 Å². The average molecular weight is 242 g/mol. The van der Waals surface area contributed by atoms with E-state index in [1.807, 2.05) is 0 Å². The van der Waals surface area contributed by atoms with Crippen molar-refractivity contribution >= 4 is 5.69 Å². The molecule has 0 amide bonds. The van der Waals surface area contributed by atoms with Crippen molar-refractivity contribution in [2.24, 2.45) is 0 Å². The molecule has 1 unspecified atom stereocenters. The van der Waals surface area contributed by atoms with Crippen LogP contribution in [0.3, 0.4) is 0 Å². The molecule has 1 aromatic heterocycles. The van der Waals surface area contributed by atoms with Gasteiger partial charge in [-0.2, -0.15) is 0 Å². The van der Waals surface area contributed by atoms with E-state index in [9.17, 15) is 15.3 Å². The SMILES string of the molecule is COCC1COc2c(c([N+](=O)[O-])cc[n+]2[O-])O1. The summed E-state index contributed by atoms with van der Waals surface area (Å²) in [6, 6.07) is 1.07. The molecule has 0 radical (unpaired) electrons. The van der Waals surface area contributed by atoms with Gasteiger partial charge in [0, 0.05) is 7.11 Å². The van der Waals surface area contributed by atoms with E-state index >= 15 is 0 Å². The van der Waals surface area contributed by atoms with Crippen LogP contribution in [0.4, 0.5) is 5.69 Å². The van der Waals surface area contributed by atoms with Crippen LogP contribution < -0.4 is 14.2 Å². The number of aromatic nitrogens is 1. The molecule has 2 rings (SSSR count). The summed E-state index contributed by atoms with van der Waals surface area (Å²) < 4.78 is 15.7. The summed E-state index contributed by atoms with van der Waals surface area (Å²) in [5.74, 6) is -0.340. The molecule has 1 atom stereocenters. The minimum absolute atomic E-state index is 0.115. The van der Waals surface area contributed by atoms with Gasteiger partial charge in [-0.1, -0.05) is 0 Å². The lowest BCUT2D eigenvalue weighted by atomic mass is 10.3. The third-order valence-electron chi connectivity index (χ3n) is 2.23. The van der Waals surface area contributed by atoms with E-state index in [2.05, 4.69) is 0 Å². The summed E-state index contributed by atoms with van der Waals surface area (Å²) in [5.41, 5.74) is -0.298. The molecule has 1 aromatic rings. The van der Waals surface area contributed by atoms with Gasteiger partial charge in [-0.15, -0.1) is 4.73 Å². The molecule has 1 aliphatic heterocycles. The van der Waals surface area contributed by atoms with Gasteiger partial charge < -0.3 is 19.4 Å². The van der Waals surface area contributed by atoms with Gasteiger partial charge >= 0.3 is 17.3 Å². The largest absolute Gasteiger partial charge is 0.616 e. The van der Waals surface area contributed by atoms with E-state index in [4.69, 9.17) is 14.2 Å². The molecule has 0 saturated heterocycles. The Morgan fingerprint density at radius 3 is 3.12 bits per heavy atom. The molecule has 92 valence electrons. The van der Waals surface area contributed by atoms with Crippen molar-refractivity contribution in [2.45, 2.75) is 6.10 Å². The summed E-state index contributed by atoms with van der Waals surface area (Å²) in [4.78, 5) is 10.1. The van der Waals surface area contributed by atoms with Crippen molar-refractivity contribution in [3.05, 3.63) is 27.6 Å². The van der Waals surface area contributed by atoms with E-state index in [0.29, 0.717) is 4.73 Å². The third-order valence-corrected chi connectivity index (χ3v) is 2.23. The first-order valence-electron chi connectivity index (χ1n) is 4.82. The van der Waals surface area contributed by atoms with Crippen LogP contribution >= 0.6 is 0 Å². The quantitative estimate of drug-likeness (QED) is 0.320. The van der Waals surface area contributed by atoms with Gasteiger partial charge in [0.2, 0.25) is 0 Å². The fourth-order valence-corrected chi connectivity index (χ4v) is 1.52. The summed E-state index contributed by atoms with van der Waals surface area (Å²) in [6.45, 7) is 0.342. The average Bonchev–Trinajstić information content (AvgIpc) is 2.29. The number of pyridine rings is 1. The zero-order valence-electron chi connectivity index (χ0n) is 8.99. The Kier molecular flexibility index (Phi) is 2.96. The van der Waals surface area contributed by atoms with Crippen molar-refractivity contribution in [1.29, 1.82) is 0 Å². The molecule has 17 heavy (non-hydrogen) atoms. The number of rotatable bonds is 3. The maximum Gasteiger partial charge on any atom is 0.430 e. The maximum atomic E-state index is 11.4. The predicted octanol–water partition coefficient (Wildman–Crippen LogP) is 0.0144. The molecule has 0 N–H and O–H groups in total. The minimum atomic E-state index is -0.628. The van der Waals surface area contributed by atoms with E-state index in [1.165, 1.54) is 7.11 Å². The van der Waals surface area contributed by atoms with Crippen LogP contribution in [0.25, 0.3) is 0 Å². The second kappa shape index (κ2) is 4.42. The second-order valence-corrected chi connectivity index (χ2v) is 3.42. The molecule has 0 spiro atoms. The van der Waals surface area contributed by atoms with Gasteiger partial charge in [-0.3, -0.25) is 10.1 Å². The molecular formula is C9H10N2O6. The first-order chi connectivity index (χ1) is 8.13. The fraction of sp³-hybridized carbons (Fsp3) is 0.444. The van der Waals surface area contributed by atoms with Gasteiger partial charge in [0.25, 0.3) is 0 Å². The zero-order valence-corrected chi connectivity index (χ0v) is 8.99. The molecule has 0 fully saturated rings. The zero-order chi connectivity index (χ0) is 12.4. The van der Waals surface area contributed by atoms with Crippen LogP contribution in [-0.2, 0) is 4.74 Å². The van der Waals surface area contributed by atoms with E-state index in [0.717, 1.165) is 12.3 Å². The van der Waals surface area contributed by atoms with Crippen molar-refractivity contribution in [1.82, 2.24) is 0 Å². The number of hydrogen-bond donors (Lipinski definition) is 0. The highest BCUT2D eigenvalue weighted by Crippen LogP contribution is 2.36. The van der Waals surface area contributed by atoms with Crippen molar-refractivity contribution in [3.8, 4) is 11.6 Å². The van der Waals surface area contributed by atoms with Crippen LogP contribution in [0.1, 0.15) is 0 Å². The monoisotopic (exact) mass is 242 g/mol. The number of methoxy groups -OCH3 is 1. The van der Waals surface area contributed by atoms with E-state index in [1.54, 1.807) is 0 Å². The van der Waals surface area contributed by atoms with Crippen LogP contribution in [-0.4, -0.2) is 31.4 Å². The van der Waals surface area contributed by atoms with Gasteiger partial charge in [0.15, 0.2) is 12.3 Å². The Morgan fingerprint density at radius 1 is 1.71 bits per heavy atom. The first kappa shape index (κ1) is 11.4. The summed E-state index contributed by atoms with van der Waals surface area (Å²) in [6.07, 6.45) is 0.547. The second-order valence-electron chi connectivity index (χ2n) is 3.42. The van der Waals surface area contributed by atoms with Crippen LogP contribution in [0.5, 0.6) is 11.6 Å². The topological polar surface area (TPSA) is 97.8 Å². The molecule has 8 heteroatoms. The standard InChI is InChI=1S/C9H10N2O6/c1-15-4-6-5-16-9-8(17-6)7(11(13)14)2-3-10(9)12/h2-3,6H,4-5H2,1H3. The Balaban J connectivity index is 2.39. The number of fused-ring (bicyclic) bond motifs is 1. The predicted molar refractivity (Wildman–Crippen MR) is 53.8 cm³/mol. The highest BCUT2D eigenvalue weighted by atomic mass is 16.6. The minimum Gasteiger partial charge on any atom is -0.616 e. The van der Waals surface area contributed by atoms with Gasteiger partial charge in [-0.25, -0.2) is 0 Å². The lowest BCUT2D eigenvalue weighted by Crippen LogP contribution is -2.39. The van der Waals surface area contributed by atoms with Gasteiger partial charge in [0.05, 0.1) is 17.6 Å². The van der Waals surface area contributed by atoms with Crippen LogP contribution in [0.15, 0.2) is 12.3 Å². The number of ether oxygens (including phenoxy) is 3. The Bertz CT molecular complexity index is 449. The van der Waals surface area contributed by atoms with Crippen molar-refractivity contribution in [2.75, 3.05) is 20.3 Å². The first-order valence-corrected chi connectivity index (χ1v) is 4.82. The molecule has 1 aliphatic rings. The smallest absolute Gasteiger partial charge is 0.430 e. The molecule has 0 saturated carbocycles. The molecule has 8 nitrogen and oxygen atoms in total. The van der Waals surface area contributed by atoms with Crippen LogP contribution in [0, 0.1) is 15.3 Å². The molecular weight excluding hydrogens is 232 g/mol. The lowest BCUT2D eigenvalue weighted by molar-refractivity contribution is -0.615. The molecule has 0 aliphatic carbocycles. The van der Waals surface area contributed by atoms with E-state index < -0.39 is 11.0 Å². The summed E-state index contributed by atoms with van der Waals surface area (Å²) >= 11 is 0. The maximum absolute atomic E-state index is 11.4. The number of nitrogens with zero attached hydrogens (tertiary/aromatic N) is 2.